The lowest BCUT2D eigenvalue weighted by Gasteiger charge is -2.27. The van der Waals surface area contributed by atoms with Crippen LogP contribution in [0.1, 0.15) is 65.2 Å². The van der Waals surface area contributed by atoms with E-state index in [0.717, 1.165) is 6.42 Å². The molecule has 236 valence electrons. The third-order valence-corrected chi connectivity index (χ3v) is 7.00. The van der Waals surface area contributed by atoms with Crippen LogP contribution in [-0.2, 0) is 28.7 Å². The van der Waals surface area contributed by atoms with Gasteiger partial charge < -0.3 is 36.6 Å². The second-order valence-corrected chi connectivity index (χ2v) is 10.3. The molecule has 4 atom stereocenters. The molecule has 2 aliphatic rings. The summed E-state index contributed by atoms with van der Waals surface area (Å²) in [7, 11) is 0. The SMILES string of the molecule is CCCCOC(=O)[C@H](CCCN=C(N)N[N+](=O)[O-])NC(=O)[C@@H]1CCCN1C(=O)CNC(=O)[C@@H]1CCCN1C(=O)[C@H](C)N. The number of unbranched alkanes of at least 4 members (excludes halogenated alkanes) is 1. The zero-order valence-electron chi connectivity index (χ0n) is 24.2. The van der Waals surface area contributed by atoms with Crippen LogP contribution in [0.3, 0.4) is 0 Å². The summed E-state index contributed by atoms with van der Waals surface area (Å²) >= 11 is 0. The Labute approximate surface area is 244 Å². The molecule has 17 nitrogen and oxygen atoms in total. The molecule has 42 heavy (non-hydrogen) atoms. The number of ether oxygens (including phenoxy) is 1. The minimum Gasteiger partial charge on any atom is -0.464 e. The van der Waals surface area contributed by atoms with Crippen LogP contribution in [-0.4, -0.2) is 107 Å². The summed E-state index contributed by atoms with van der Waals surface area (Å²) in [5.74, 6) is -2.81. The van der Waals surface area contributed by atoms with Gasteiger partial charge in [-0.2, -0.15) is 0 Å². The maximum absolute atomic E-state index is 13.2. The van der Waals surface area contributed by atoms with E-state index >= 15 is 0 Å². The van der Waals surface area contributed by atoms with Crippen molar-refractivity contribution in [2.45, 2.75) is 89.4 Å². The largest absolute Gasteiger partial charge is 0.464 e. The molecule has 7 N–H and O–H groups in total. The molecule has 17 heteroatoms. The van der Waals surface area contributed by atoms with Gasteiger partial charge in [0.05, 0.1) is 19.2 Å². The molecule has 0 unspecified atom stereocenters. The quantitative estimate of drug-likeness (QED) is 0.0350. The average molecular weight is 598 g/mol. The summed E-state index contributed by atoms with van der Waals surface area (Å²) in [4.78, 5) is 81.0. The fourth-order valence-corrected chi connectivity index (χ4v) is 4.84. The number of carbonyl (C=O) groups excluding carboxylic acids is 5. The number of hydrogen-bond donors (Lipinski definition) is 5. The van der Waals surface area contributed by atoms with Crippen molar-refractivity contribution < 1.29 is 33.7 Å². The van der Waals surface area contributed by atoms with Crippen molar-refractivity contribution in [2.75, 3.05) is 32.8 Å². The number of nitrogens with one attached hydrogen (secondary N) is 3. The summed E-state index contributed by atoms with van der Waals surface area (Å²) < 4.78 is 5.29. The number of esters is 1. The van der Waals surface area contributed by atoms with Gasteiger partial charge in [0, 0.05) is 19.6 Å². The zero-order valence-corrected chi connectivity index (χ0v) is 24.2. The lowest BCUT2D eigenvalue weighted by atomic mass is 10.1. The number of hydrogen-bond acceptors (Lipinski definition) is 10. The molecule has 2 aliphatic heterocycles. The molecule has 2 heterocycles. The van der Waals surface area contributed by atoms with Gasteiger partial charge in [-0.25, -0.2) is 19.9 Å². The second-order valence-electron chi connectivity index (χ2n) is 10.3. The van der Waals surface area contributed by atoms with Gasteiger partial charge in [0.1, 0.15) is 18.1 Å². The normalized spacial score (nSPS) is 20.0. The lowest BCUT2D eigenvalue weighted by Crippen LogP contribution is -2.54. The van der Waals surface area contributed by atoms with Crippen molar-refractivity contribution in [3.63, 3.8) is 0 Å². The highest BCUT2D eigenvalue weighted by molar-refractivity contribution is 5.94. The summed E-state index contributed by atoms with van der Waals surface area (Å²) in [6.45, 7) is 4.09. The third kappa shape index (κ3) is 10.4. The number of carbonyl (C=O) groups is 5. The smallest absolute Gasteiger partial charge is 0.328 e. The molecule has 0 aliphatic carbocycles. The fraction of sp³-hybridized carbons (Fsp3) is 0.760. The molecular formula is C25H43N9O8. The average Bonchev–Trinajstić information content (AvgIpc) is 3.63. The predicted molar refractivity (Wildman–Crippen MR) is 150 cm³/mol. The highest BCUT2D eigenvalue weighted by atomic mass is 16.7. The van der Waals surface area contributed by atoms with Gasteiger partial charge in [-0.05, 0) is 51.9 Å². The summed E-state index contributed by atoms with van der Waals surface area (Å²) in [5.41, 5.74) is 12.8. The topological polar surface area (TPSA) is 245 Å². The molecular weight excluding hydrogens is 554 g/mol. The monoisotopic (exact) mass is 597 g/mol. The number of rotatable bonds is 15. The number of nitrogens with zero attached hydrogens (tertiary/aromatic N) is 4. The van der Waals surface area contributed by atoms with Crippen LogP contribution in [0, 0.1) is 10.1 Å². The lowest BCUT2D eigenvalue weighted by molar-refractivity contribution is -0.525. The van der Waals surface area contributed by atoms with E-state index in [1.54, 1.807) is 12.3 Å². The van der Waals surface area contributed by atoms with Crippen LogP contribution in [0.25, 0.3) is 0 Å². The van der Waals surface area contributed by atoms with Crippen molar-refractivity contribution in [1.29, 1.82) is 0 Å². The van der Waals surface area contributed by atoms with Crippen LogP contribution >= 0.6 is 0 Å². The molecule has 0 spiro atoms. The van der Waals surface area contributed by atoms with Crippen LogP contribution < -0.4 is 27.5 Å². The van der Waals surface area contributed by atoms with Gasteiger partial charge >= 0.3 is 5.97 Å². The van der Waals surface area contributed by atoms with E-state index < -0.39 is 52.9 Å². The number of likely N-dealkylation sites (tertiary alicyclic amines) is 2. The first-order chi connectivity index (χ1) is 20.0. The Morgan fingerprint density at radius 3 is 2.33 bits per heavy atom. The Kier molecular flexibility index (Phi) is 13.9. The first-order valence-electron chi connectivity index (χ1n) is 14.3. The maximum atomic E-state index is 13.2. The Bertz CT molecular complexity index is 1020. The maximum Gasteiger partial charge on any atom is 0.328 e. The van der Waals surface area contributed by atoms with Gasteiger partial charge in [-0.3, -0.25) is 19.2 Å². The Balaban J connectivity index is 1.97. The number of nitrogens with two attached hydrogens (primary N) is 2. The molecule has 0 aromatic carbocycles. The van der Waals surface area contributed by atoms with E-state index in [-0.39, 0.29) is 44.4 Å². The molecule has 0 aromatic heterocycles. The summed E-state index contributed by atoms with van der Waals surface area (Å²) in [6, 6.07) is -3.32. The van der Waals surface area contributed by atoms with E-state index in [1.807, 2.05) is 6.92 Å². The van der Waals surface area contributed by atoms with Gasteiger partial charge in [0.25, 0.3) is 5.96 Å². The first-order valence-corrected chi connectivity index (χ1v) is 14.3. The first kappa shape index (κ1) is 34.2. The Hall–Kier alpha value is -4.02. The zero-order chi connectivity index (χ0) is 31.2. The van der Waals surface area contributed by atoms with Crippen molar-refractivity contribution in [1.82, 2.24) is 25.9 Å². The number of aliphatic imine (C=N–C) groups is 1. The number of guanidine groups is 1. The van der Waals surface area contributed by atoms with Crippen molar-refractivity contribution in [3.8, 4) is 0 Å². The van der Waals surface area contributed by atoms with Gasteiger partial charge in [0.2, 0.25) is 23.6 Å². The molecule has 2 saturated heterocycles. The molecule has 2 rings (SSSR count). The van der Waals surface area contributed by atoms with Crippen molar-refractivity contribution >= 4 is 35.6 Å². The van der Waals surface area contributed by atoms with Gasteiger partial charge in [-0.1, -0.05) is 18.8 Å². The van der Waals surface area contributed by atoms with E-state index in [9.17, 15) is 34.1 Å². The minimum atomic E-state index is -1.03. The van der Waals surface area contributed by atoms with Crippen LogP contribution in [0.4, 0.5) is 0 Å². The molecule has 4 amide bonds. The minimum absolute atomic E-state index is 0.0588. The number of hydrazine groups is 1. The third-order valence-electron chi connectivity index (χ3n) is 7.00. The number of amides is 4. The molecule has 0 aromatic rings. The van der Waals surface area contributed by atoms with E-state index in [1.165, 1.54) is 9.80 Å². The van der Waals surface area contributed by atoms with Gasteiger partial charge in [-0.15, -0.1) is 0 Å². The Morgan fingerprint density at radius 1 is 1.07 bits per heavy atom. The standard InChI is InChI=1S/C25H43N9O8/c1-3-4-14-42-24(39)17(8-5-11-28-25(27)31-34(40)41)30-22(37)19-10-6-12-32(19)20(35)15-29-21(36)18-9-7-13-33(18)23(38)16(2)26/h16-19H,3-15,26H2,1-2H3,(H,29,36)(H,30,37)(H3,27,28,31)/t16-,17-,18-,19-/m0/s1. The van der Waals surface area contributed by atoms with Crippen molar-refractivity contribution in [3.05, 3.63) is 10.1 Å². The van der Waals surface area contributed by atoms with Gasteiger partial charge in [0.15, 0.2) is 5.03 Å². The summed E-state index contributed by atoms with van der Waals surface area (Å²) in [5, 5.41) is 14.9. The Morgan fingerprint density at radius 2 is 1.71 bits per heavy atom. The fourth-order valence-electron chi connectivity index (χ4n) is 4.84. The highest BCUT2D eigenvalue weighted by Crippen LogP contribution is 2.20. The van der Waals surface area contributed by atoms with Crippen LogP contribution in [0.5, 0.6) is 0 Å². The molecule has 0 bridgehead atoms. The van der Waals surface area contributed by atoms with E-state index in [0.29, 0.717) is 45.2 Å². The second kappa shape index (κ2) is 17.1. The predicted octanol–water partition coefficient (Wildman–Crippen LogP) is -1.86. The van der Waals surface area contributed by atoms with E-state index in [2.05, 4.69) is 15.6 Å². The van der Waals surface area contributed by atoms with Crippen LogP contribution in [0.15, 0.2) is 4.99 Å². The molecule has 0 radical (unpaired) electrons. The number of nitro groups is 1. The highest BCUT2D eigenvalue weighted by Gasteiger charge is 2.38. The van der Waals surface area contributed by atoms with Crippen molar-refractivity contribution in [2.24, 2.45) is 16.5 Å². The van der Waals surface area contributed by atoms with Crippen LogP contribution in [0.2, 0.25) is 0 Å². The molecule has 2 fully saturated rings. The summed E-state index contributed by atoms with van der Waals surface area (Å²) in [6.07, 6.45) is 3.88. The van der Waals surface area contributed by atoms with E-state index in [4.69, 9.17) is 16.2 Å². The molecule has 0 saturated carbocycles.